The molecule has 0 unspecified atom stereocenters. The molecule has 2 atom stereocenters. The molecule has 3 heterocycles. The van der Waals surface area contributed by atoms with Crippen LogP contribution in [0.15, 0.2) is 70.9 Å². The number of hydrogen-bond acceptors (Lipinski definition) is 5. The summed E-state index contributed by atoms with van der Waals surface area (Å²) in [6.07, 6.45) is 0.947. The van der Waals surface area contributed by atoms with Crippen molar-refractivity contribution in [3.63, 3.8) is 0 Å². The van der Waals surface area contributed by atoms with Gasteiger partial charge < -0.3 is 4.90 Å². The topological polar surface area (TPSA) is 60.9 Å². The zero-order chi connectivity index (χ0) is 24.6. The zero-order valence-corrected chi connectivity index (χ0v) is 21.8. The summed E-state index contributed by atoms with van der Waals surface area (Å²) in [5.41, 5.74) is 3.72. The zero-order valence-electron chi connectivity index (χ0n) is 20.1. The largest absolute Gasteiger partial charge is 0.339 e. The van der Waals surface area contributed by atoms with Crippen LogP contribution in [0, 0.1) is 6.92 Å². The second-order valence-electron chi connectivity index (χ2n) is 9.45. The third kappa shape index (κ3) is 4.80. The van der Waals surface area contributed by atoms with Crippen LogP contribution in [0.3, 0.4) is 0 Å². The van der Waals surface area contributed by atoms with E-state index < -0.39 is 10.0 Å². The monoisotopic (exact) mass is 509 g/mol. The summed E-state index contributed by atoms with van der Waals surface area (Å²) in [5.74, 6) is 0.0596. The van der Waals surface area contributed by atoms with Crippen molar-refractivity contribution in [1.82, 2.24) is 14.1 Å². The van der Waals surface area contributed by atoms with E-state index in [1.54, 1.807) is 35.6 Å². The Kier molecular flexibility index (Phi) is 6.81. The Labute approximate surface area is 211 Å². The van der Waals surface area contributed by atoms with E-state index >= 15 is 0 Å². The van der Waals surface area contributed by atoms with Gasteiger partial charge in [0.15, 0.2) is 0 Å². The van der Waals surface area contributed by atoms with Crippen molar-refractivity contribution in [2.75, 3.05) is 32.7 Å². The van der Waals surface area contributed by atoms with Crippen LogP contribution < -0.4 is 0 Å². The van der Waals surface area contributed by atoms with Crippen molar-refractivity contribution in [3.8, 4) is 0 Å². The van der Waals surface area contributed by atoms with E-state index in [4.69, 9.17) is 0 Å². The number of carbonyl (C=O) groups is 1. The average Bonchev–Trinajstić information content (AvgIpc) is 3.34. The summed E-state index contributed by atoms with van der Waals surface area (Å²) < 4.78 is 27.8. The van der Waals surface area contributed by atoms with E-state index in [2.05, 4.69) is 47.5 Å². The molecule has 3 aromatic rings. The molecule has 0 spiro atoms. The molecule has 0 aliphatic carbocycles. The van der Waals surface area contributed by atoms with E-state index in [1.807, 2.05) is 17.9 Å². The first-order valence-corrected chi connectivity index (χ1v) is 14.4. The number of carbonyl (C=O) groups excluding carboxylic acids is 1. The number of sulfonamides is 1. The van der Waals surface area contributed by atoms with Crippen LogP contribution in [0.25, 0.3) is 0 Å². The number of amides is 1. The van der Waals surface area contributed by atoms with Crippen LogP contribution in [-0.2, 0) is 21.2 Å². The minimum Gasteiger partial charge on any atom is -0.339 e. The third-order valence-corrected chi connectivity index (χ3v) is 10.1. The van der Waals surface area contributed by atoms with E-state index in [1.165, 1.54) is 25.9 Å². The molecular formula is C27H31N3O3S2. The molecule has 184 valence electrons. The highest BCUT2D eigenvalue weighted by Gasteiger charge is 2.37. The lowest BCUT2D eigenvalue weighted by Gasteiger charge is -2.41. The summed E-state index contributed by atoms with van der Waals surface area (Å²) in [5, 5.41) is 2.14. The molecule has 1 amide bonds. The summed E-state index contributed by atoms with van der Waals surface area (Å²) in [4.78, 5) is 19.2. The van der Waals surface area contributed by atoms with Crippen molar-refractivity contribution in [3.05, 3.63) is 87.6 Å². The smallest absolute Gasteiger partial charge is 0.243 e. The molecule has 0 N–H and O–H groups in total. The number of aryl methyl sites for hydroxylation is 1. The second-order valence-corrected chi connectivity index (χ2v) is 12.3. The van der Waals surface area contributed by atoms with Crippen molar-refractivity contribution < 1.29 is 13.2 Å². The van der Waals surface area contributed by atoms with E-state index in [9.17, 15) is 13.2 Å². The number of thiophene rings is 1. The Morgan fingerprint density at radius 3 is 2.46 bits per heavy atom. The highest BCUT2D eigenvalue weighted by atomic mass is 32.2. The van der Waals surface area contributed by atoms with Gasteiger partial charge in [0.25, 0.3) is 0 Å². The molecule has 5 rings (SSSR count). The van der Waals surface area contributed by atoms with E-state index in [0.717, 1.165) is 13.0 Å². The number of fused-ring (bicyclic) bond motifs is 1. The van der Waals surface area contributed by atoms with Crippen molar-refractivity contribution in [2.45, 2.75) is 37.2 Å². The highest BCUT2D eigenvalue weighted by molar-refractivity contribution is 7.89. The molecule has 2 aliphatic heterocycles. The molecule has 1 fully saturated rings. The number of rotatable bonds is 5. The van der Waals surface area contributed by atoms with Crippen LogP contribution in [0.1, 0.15) is 34.5 Å². The minimum absolute atomic E-state index is 0.0596. The Hall–Kier alpha value is -2.52. The number of hydrogen-bond donors (Lipinski definition) is 0. The fourth-order valence-corrected chi connectivity index (χ4v) is 7.74. The van der Waals surface area contributed by atoms with Crippen LogP contribution in [0.4, 0.5) is 0 Å². The Bertz CT molecular complexity index is 1290. The minimum atomic E-state index is -3.58. The van der Waals surface area contributed by atoms with Gasteiger partial charge in [-0.25, -0.2) is 8.42 Å². The van der Waals surface area contributed by atoms with Gasteiger partial charge in [-0.15, -0.1) is 11.3 Å². The molecule has 2 aliphatic rings. The first kappa shape index (κ1) is 24.2. The van der Waals surface area contributed by atoms with E-state index in [-0.39, 0.29) is 18.0 Å². The van der Waals surface area contributed by atoms with Crippen LogP contribution >= 0.6 is 11.3 Å². The summed E-state index contributed by atoms with van der Waals surface area (Å²) in [6.45, 7) is 6.23. The predicted molar refractivity (Wildman–Crippen MR) is 139 cm³/mol. The fourth-order valence-electron chi connectivity index (χ4n) is 5.20. The van der Waals surface area contributed by atoms with Gasteiger partial charge in [-0.05, 0) is 55.0 Å². The molecule has 6 nitrogen and oxygen atoms in total. The molecule has 2 aromatic carbocycles. The van der Waals surface area contributed by atoms with Crippen LogP contribution in [-0.4, -0.2) is 67.2 Å². The molecule has 1 saturated heterocycles. The molecule has 1 aromatic heterocycles. The molecule has 0 bridgehead atoms. The lowest BCUT2D eigenvalue weighted by Crippen LogP contribution is -2.57. The molecule has 0 radical (unpaired) electrons. The maximum absolute atomic E-state index is 13.4. The SMILES string of the molecule is Cc1ccc([C@H]2c3ccsc3CCN2CC(=O)N2CCN(S(=O)(=O)c3ccccc3)[C@H](C)C2)cc1. The summed E-state index contributed by atoms with van der Waals surface area (Å²) in [7, 11) is -3.58. The van der Waals surface area contributed by atoms with Gasteiger partial charge in [0.2, 0.25) is 15.9 Å². The first-order valence-electron chi connectivity index (χ1n) is 12.1. The van der Waals surface area contributed by atoms with Crippen LogP contribution in [0.2, 0.25) is 0 Å². The van der Waals surface area contributed by atoms with Crippen LogP contribution in [0.5, 0.6) is 0 Å². The molecule has 35 heavy (non-hydrogen) atoms. The Morgan fingerprint density at radius 1 is 1.00 bits per heavy atom. The lowest BCUT2D eigenvalue weighted by molar-refractivity contribution is -0.135. The van der Waals surface area contributed by atoms with Gasteiger partial charge in [0.05, 0.1) is 17.5 Å². The molecule has 8 heteroatoms. The maximum atomic E-state index is 13.4. The maximum Gasteiger partial charge on any atom is 0.243 e. The highest BCUT2D eigenvalue weighted by Crippen LogP contribution is 2.37. The van der Waals surface area contributed by atoms with Crippen molar-refractivity contribution in [1.29, 1.82) is 0 Å². The number of piperazine rings is 1. The summed E-state index contributed by atoms with van der Waals surface area (Å²) in [6, 6.07) is 19.1. The van der Waals surface area contributed by atoms with Gasteiger partial charge in [0, 0.05) is 37.1 Å². The van der Waals surface area contributed by atoms with Crippen molar-refractivity contribution >= 4 is 27.3 Å². The number of nitrogens with zero attached hydrogens (tertiary/aromatic N) is 3. The predicted octanol–water partition coefficient (Wildman–Crippen LogP) is 3.93. The van der Waals surface area contributed by atoms with Gasteiger partial charge in [-0.1, -0.05) is 48.0 Å². The second kappa shape index (κ2) is 9.85. The van der Waals surface area contributed by atoms with Gasteiger partial charge in [0.1, 0.15) is 0 Å². The average molecular weight is 510 g/mol. The van der Waals surface area contributed by atoms with Gasteiger partial charge in [-0.2, -0.15) is 4.31 Å². The Morgan fingerprint density at radius 2 is 1.74 bits per heavy atom. The Balaban J connectivity index is 1.30. The molecule has 0 saturated carbocycles. The van der Waals surface area contributed by atoms with Gasteiger partial charge in [-0.3, -0.25) is 9.69 Å². The first-order chi connectivity index (χ1) is 16.8. The molecular weight excluding hydrogens is 478 g/mol. The normalized spacial score (nSPS) is 21.6. The quantitative estimate of drug-likeness (QED) is 0.523. The van der Waals surface area contributed by atoms with Gasteiger partial charge >= 0.3 is 0 Å². The van der Waals surface area contributed by atoms with Crippen molar-refractivity contribution in [2.24, 2.45) is 0 Å². The third-order valence-electron chi connectivity index (χ3n) is 7.07. The fraction of sp³-hybridized carbons (Fsp3) is 0.370. The number of benzene rings is 2. The lowest BCUT2D eigenvalue weighted by atomic mass is 9.92. The summed E-state index contributed by atoms with van der Waals surface area (Å²) >= 11 is 1.79. The standard InChI is InChI=1S/C27H31N3O3S2/c1-20-8-10-22(11-9-20)27-24-13-17-34-25(24)12-14-29(27)19-26(31)28-15-16-30(21(2)18-28)35(32,33)23-6-4-3-5-7-23/h3-11,13,17,21,27H,12,14-16,18-19H2,1-2H3/t21-,27+/m1/s1. The van der Waals surface area contributed by atoms with E-state index in [0.29, 0.717) is 31.1 Å².